The number of imidazole rings is 1. The first-order valence-electron chi connectivity index (χ1n) is 11.4. The van der Waals surface area contributed by atoms with Crippen LogP contribution in [-0.4, -0.2) is 30.9 Å². The number of amides is 1. The number of aromatic amines is 1. The van der Waals surface area contributed by atoms with Crippen LogP contribution >= 0.6 is 0 Å². The summed E-state index contributed by atoms with van der Waals surface area (Å²) < 4.78 is 6.84. The predicted molar refractivity (Wildman–Crippen MR) is 131 cm³/mol. The smallest absolute Gasteiger partial charge is 0.390 e. The van der Waals surface area contributed by atoms with E-state index in [9.17, 15) is 4.79 Å². The Kier molecular flexibility index (Phi) is 4.85. The number of aromatic nitrogens is 5. The molecule has 1 fully saturated rings. The average Bonchev–Trinajstić information content (AvgIpc) is 3.51. The van der Waals surface area contributed by atoms with E-state index in [1.807, 2.05) is 48.5 Å². The van der Waals surface area contributed by atoms with Gasteiger partial charge < -0.3 is 16.2 Å². The second kappa shape index (κ2) is 8.07. The molecular formula is C26H23N7O2. The SMILES string of the molecule is NC(=O)Oc1cc(-c2cc[nH]n2)c2nc(-c3ccc(C4(N)CCC4)cc3)c(-c3ccccc3)n2n1. The van der Waals surface area contributed by atoms with Crippen LogP contribution in [0.1, 0.15) is 24.8 Å². The molecule has 0 bridgehead atoms. The second-order valence-electron chi connectivity index (χ2n) is 8.77. The molecule has 9 heteroatoms. The van der Waals surface area contributed by atoms with Crippen LogP contribution in [0.15, 0.2) is 72.9 Å². The number of hydrogen-bond acceptors (Lipinski definition) is 6. The van der Waals surface area contributed by atoms with Crippen LogP contribution in [0.5, 0.6) is 5.88 Å². The van der Waals surface area contributed by atoms with Crippen molar-refractivity contribution in [1.82, 2.24) is 24.8 Å². The van der Waals surface area contributed by atoms with Gasteiger partial charge in [0, 0.05) is 28.9 Å². The molecule has 1 saturated carbocycles. The Morgan fingerprint density at radius 1 is 1.03 bits per heavy atom. The molecule has 1 aliphatic carbocycles. The van der Waals surface area contributed by atoms with Crippen molar-refractivity contribution in [2.45, 2.75) is 24.8 Å². The van der Waals surface area contributed by atoms with Crippen molar-refractivity contribution in [3.8, 4) is 39.7 Å². The molecule has 0 radical (unpaired) electrons. The maximum Gasteiger partial charge on any atom is 0.411 e. The zero-order valence-electron chi connectivity index (χ0n) is 18.8. The van der Waals surface area contributed by atoms with E-state index in [1.54, 1.807) is 16.8 Å². The van der Waals surface area contributed by atoms with Crippen LogP contribution in [0.25, 0.3) is 39.4 Å². The Bertz CT molecular complexity index is 1520. The molecule has 174 valence electrons. The van der Waals surface area contributed by atoms with Gasteiger partial charge in [0.15, 0.2) is 5.65 Å². The molecule has 9 nitrogen and oxygen atoms in total. The second-order valence-corrected chi connectivity index (χ2v) is 8.77. The van der Waals surface area contributed by atoms with E-state index >= 15 is 0 Å². The third-order valence-electron chi connectivity index (χ3n) is 6.57. The van der Waals surface area contributed by atoms with E-state index in [1.165, 1.54) is 0 Å². The summed E-state index contributed by atoms with van der Waals surface area (Å²) in [7, 11) is 0. The molecule has 3 heterocycles. The van der Waals surface area contributed by atoms with Crippen molar-refractivity contribution < 1.29 is 9.53 Å². The molecule has 5 N–H and O–H groups in total. The number of nitrogens with one attached hydrogen (secondary N) is 1. The van der Waals surface area contributed by atoms with E-state index < -0.39 is 6.09 Å². The van der Waals surface area contributed by atoms with Crippen LogP contribution in [0.2, 0.25) is 0 Å². The number of carbonyl (C=O) groups excluding carboxylic acids is 1. The number of primary amides is 1. The van der Waals surface area contributed by atoms with Crippen LogP contribution in [0.4, 0.5) is 4.79 Å². The summed E-state index contributed by atoms with van der Waals surface area (Å²) in [5.41, 5.74) is 17.9. The highest BCUT2D eigenvalue weighted by Crippen LogP contribution is 2.40. The molecule has 3 aromatic heterocycles. The van der Waals surface area contributed by atoms with E-state index in [0.717, 1.165) is 47.3 Å². The maximum absolute atomic E-state index is 11.5. The topological polar surface area (TPSA) is 137 Å². The van der Waals surface area contributed by atoms with E-state index in [2.05, 4.69) is 27.4 Å². The monoisotopic (exact) mass is 465 g/mol. The summed E-state index contributed by atoms with van der Waals surface area (Å²) >= 11 is 0. The summed E-state index contributed by atoms with van der Waals surface area (Å²) in [4.78, 5) is 16.5. The molecule has 0 spiro atoms. The van der Waals surface area contributed by atoms with Gasteiger partial charge in [0.25, 0.3) is 0 Å². The number of nitrogens with two attached hydrogens (primary N) is 2. The molecule has 0 aliphatic heterocycles. The van der Waals surface area contributed by atoms with Crippen molar-refractivity contribution in [2.24, 2.45) is 11.5 Å². The summed E-state index contributed by atoms with van der Waals surface area (Å²) in [6.45, 7) is 0. The first kappa shape index (κ1) is 21.1. The lowest BCUT2D eigenvalue weighted by molar-refractivity contribution is 0.208. The quantitative estimate of drug-likeness (QED) is 0.355. The number of ether oxygens (including phenoxy) is 1. The van der Waals surface area contributed by atoms with Crippen LogP contribution in [0, 0.1) is 0 Å². The highest BCUT2D eigenvalue weighted by molar-refractivity contribution is 5.87. The first-order valence-corrected chi connectivity index (χ1v) is 11.4. The van der Waals surface area contributed by atoms with Gasteiger partial charge in [-0.15, -0.1) is 5.10 Å². The summed E-state index contributed by atoms with van der Waals surface area (Å²) in [6, 6.07) is 21.5. The van der Waals surface area contributed by atoms with Gasteiger partial charge in [0.05, 0.1) is 17.0 Å². The van der Waals surface area contributed by atoms with Gasteiger partial charge in [-0.3, -0.25) is 5.10 Å². The Morgan fingerprint density at radius 2 is 1.80 bits per heavy atom. The molecule has 35 heavy (non-hydrogen) atoms. The summed E-state index contributed by atoms with van der Waals surface area (Å²) in [5.74, 6) is 0.0505. The molecule has 5 aromatic rings. The van der Waals surface area contributed by atoms with Gasteiger partial charge in [-0.05, 0) is 30.9 Å². The maximum atomic E-state index is 11.5. The zero-order chi connectivity index (χ0) is 24.0. The van der Waals surface area contributed by atoms with Gasteiger partial charge in [0.2, 0.25) is 5.88 Å². The van der Waals surface area contributed by atoms with Gasteiger partial charge in [-0.1, -0.05) is 54.6 Å². The van der Waals surface area contributed by atoms with E-state index in [0.29, 0.717) is 16.9 Å². The number of fused-ring (bicyclic) bond motifs is 1. The highest BCUT2D eigenvalue weighted by Gasteiger charge is 2.34. The molecule has 1 amide bonds. The van der Waals surface area contributed by atoms with E-state index in [4.69, 9.17) is 21.2 Å². The fourth-order valence-corrected chi connectivity index (χ4v) is 4.61. The molecule has 0 saturated heterocycles. The standard InChI is InChI=1S/C26H23N7O2/c27-25(34)35-21-15-19(20-11-14-29-31-20)24-30-22(23(33(24)32-21)17-5-2-1-3-6-17)16-7-9-18(10-8-16)26(28)12-4-13-26/h1-3,5-11,14-15H,4,12-13,28H2,(H2,27,34)(H,29,31). The Morgan fingerprint density at radius 3 is 2.43 bits per heavy atom. The lowest BCUT2D eigenvalue weighted by Crippen LogP contribution is -2.43. The molecular weight excluding hydrogens is 442 g/mol. The van der Waals surface area contributed by atoms with Crippen molar-refractivity contribution >= 4 is 11.7 Å². The van der Waals surface area contributed by atoms with Gasteiger partial charge in [0.1, 0.15) is 5.69 Å². The van der Waals surface area contributed by atoms with Gasteiger partial charge >= 0.3 is 6.09 Å². The molecule has 1 aliphatic rings. The van der Waals surface area contributed by atoms with Crippen molar-refractivity contribution in [3.63, 3.8) is 0 Å². The number of rotatable bonds is 5. The van der Waals surface area contributed by atoms with E-state index in [-0.39, 0.29) is 11.4 Å². The largest absolute Gasteiger partial charge is 0.411 e. The number of hydrogen-bond donors (Lipinski definition) is 3. The summed E-state index contributed by atoms with van der Waals surface area (Å²) in [5, 5.41) is 11.7. The Labute approximate surface area is 200 Å². The number of H-pyrrole nitrogens is 1. The first-order chi connectivity index (χ1) is 17.0. The molecule has 0 unspecified atom stereocenters. The fraction of sp³-hybridized carbons (Fsp3) is 0.154. The normalized spacial score (nSPS) is 14.5. The minimum absolute atomic E-state index is 0.0505. The van der Waals surface area contributed by atoms with Crippen molar-refractivity contribution in [1.29, 1.82) is 0 Å². The third-order valence-corrected chi connectivity index (χ3v) is 6.57. The number of benzene rings is 2. The zero-order valence-corrected chi connectivity index (χ0v) is 18.8. The molecule has 6 rings (SSSR count). The Hall–Kier alpha value is -4.50. The minimum Gasteiger partial charge on any atom is -0.390 e. The Balaban J connectivity index is 1.60. The average molecular weight is 466 g/mol. The number of carbonyl (C=O) groups is 1. The lowest BCUT2D eigenvalue weighted by Gasteiger charge is -2.38. The van der Waals surface area contributed by atoms with Gasteiger partial charge in [-0.25, -0.2) is 14.3 Å². The summed E-state index contributed by atoms with van der Waals surface area (Å²) in [6.07, 6.45) is 3.91. The number of nitrogens with zero attached hydrogens (tertiary/aromatic N) is 4. The third kappa shape index (κ3) is 3.62. The lowest BCUT2D eigenvalue weighted by atomic mass is 9.72. The van der Waals surface area contributed by atoms with Crippen LogP contribution in [0.3, 0.4) is 0 Å². The van der Waals surface area contributed by atoms with Gasteiger partial charge in [-0.2, -0.15) is 5.10 Å². The van der Waals surface area contributed by atoms with Crippen molar-refractivity contribution in [2.75, 3.05) is 0 Å². The molecule has 2 aromatic carbocycles. The van der Waals surface area contributed by atoms with Crippen LogP contribution < -0.4 is 16.2 Å². The molecule has 0 atom stereocenters. The minimum atomic E-state index is -0.950. The fourth-order valence-electron chi connectivity index (χ4n) is 4.61. The van der Waals surface area contributed by atoms with Crippen molar-refractivity contribution in [3.05, 3.63) is 78.5 Å². The predicted octanol–water partition coefficient (Wildman–Crippen LogP) is 4.25. The van der Waals surface area contributed by atoms with Crippen LogP contribution in [-0.2, 0) is 5.54 Å². The highest BCUT2D eigenvalue weighted by atomic mass is 16.6.